The first kappa shape index (κ1) is 34.5. The van der Waals surface area contributed by atoms with Crippen LogP contribution in [0.1, 0.15) is 149 Å². The van der Waals surface area contributed by atoms with E-state index in [4.69, 9.17) is 14.2 Å². The second-order valence-corrected chi connectivity index (χ2v) is 14.9. The summed E-state index contributed by atoms with van der Waals surface area (Å²) in [6, 6.07) is 17.6. The predicted octanol–water partition coefficient (Wildman–Crippen LogP) is 11.7. The predicted molar refractivity (Wildman–Crippen MR) is 179 cm³/mol. The summed E-state index contributed by atoms with van der Waals surface area (Å²) in [7, 11) is 0. The molecule has 3 atom stereocenters. The number of rotatable bonds is 17. The van der Waals surface area contributed by atoms with Crippen molar-refractivity contribution < 1.29 is 14.2 Å². The van der Waals surface area contributed by atoms with Crippen LogP contribution < -0.4 is 9.47 Å². The van der Waals surface area contributed by atoms with Gasteiger partial charge in [0, 0.05) is 6.42 Å². The van der Waals surface area contributed by atoms with Crippen LogP contribution in [-0.4, -0.2) is 19.5 Å². The Morgan fingerprint density at radius 1 is 0.810 bits per heavy atom. The van der Waals surface area contributed by atoms with Crippen molar-refractivity contribution in [3.05, 3.63) is 59.7 Å². The molecule has 236 valence electrons. The van der Waals surface area contributed by atoms with E-state index in [1.165, 1.54) is 62.5 Å². The van der Waals surface area contributed by atoms with Gasteiger partial charge in [-0.25, -0.2) is 0 Å². The van der Waals surface area contributed by atoms with Crippen molar-refractivity contribution in [3.8, 4) is 11.5 Å². The molecule has 2 aromatic carbocycles. The van der Waals surface area contributed by atoms with Crippen LogP contribution in [0.3, 0.4) is 0 Å². The molecule has 0 spiro atoms. The molecule has 3 nitrogen and oxygen atoms in total. The number of hydrogen-bond acceptors (Lipinski definition) is 3. The molecule has 0 radical (unpaired) electrons. The lowest BCUT2D eigenvalue weighted by molar-refractivity contribution is -0.0981. The second-order valence-electron chi connectivity index (χ2n) is 14.9. The van der Waals surface area contributed by atoms with Crippen LogP contribution in [0.25, 0.3) is 0 Å². The molecule has 1 aliphatic carbocycles. The molecule has 0 amide bonds. The monoisotopic (exact) mass is 578 g/mol. The first-order valence-corrected chi connectivity index (χ1v) is 17.1. The van der Waals surface area contributed by atoms with Gasteiger partial charge in [-0.3, -0.25) is 0 Å². The summed E-state index contributed by atoms with van der Waals surface area (Å²) in [4.78, 5) is 0. The highest BCUT2D eigenvalue weighted by atomic mass is 16.7. The maximum atomic E-state index is 6.47. The average molecular weight is 579 g/mol. The van der Waals surface area contributed by atoms with Gasteiger partial charge in [0.25, 0.3) is 0 Å². The van der Waals surface area contributed by atoms with E-state index in [1.54, 1.807) is 0 Å². The maximum absolute atomic E-state index is 6.47. The van der Waals surface area contributed by atoms with Crippen molar-refractivity contribution in [1.82, 2.24) is 0 Å². The summed E-state index contributed by atoms with van der Waals surface area (Å²) < 4.78 is 18.8. The van der Waals surface area contributed by atoms with Crippen molar-refractivity contribution in [2.75, 3.05) is 13.2 Å². The lowest BCUT2D eigenvalue weighted by atomic mass is 9.67. The SMILES string of the molecule is CCCCC(C)CC(OCCOc1ccc(C2CCCCC2)cc1)Oc1ccc(C(CC(C)(C)C)C(C)(C)CC)cc1. The van der Waals surface area contributed by atoms with E-state index in [-0.39, 0.29) is 17.1 Å². The molecule has 1 aliphatic rings. The quantitative estimate of drug-likeness (QED) is 0.138. The highest BCUT2D eigenvalue weighted by Crippen LogP contribution is 2.45. The van der Waals surface area contributed by atoms with Gasteiger partial charge < -0.3 is 14.2 Å². The van der Waals surface area contributed by atoms with Crippen molar-refractivity contribution in [2.45, 2.75) is 144 Å². The van der Waals surface area contributed by atoms with E-state index >= 15 is 0 Å². The molecule has 1 fully saturated rings. The Kier molecular flexibility index (Phi) is 13.7. The molecular formula is C39H62O3. The van der Waals surface area contributed by atoms with Crippen LogP contribution in [0.15, 0.2) is 48.5 Å². The lowest BCUT2D eigenvalue weighted by Crippen LogP contribution is -2.26. The van der Waals surface area contributed by atoms with E-state index < -0.39 is 0 Å². The molecule has 1 saturated carbocycles. The van der Waals surface area contributed by atoms with Crippen molar-refractivity contribution in [3.63, 3.8) is 0 Å². The third-order valence-electron chi connectivity index (χ3n) is 9.48. The Morgan fingerprint density at radius 3 is 2.05 bits per heavy atom. The summed E-state index contributed by atoms with van der Waals surface area (Å²) in [5, 5.41) is 0. The maximum Gasteiger partial charge on any atom is 0.200 e. The Hall–Kier alpha value is -2.00. The van der Waals surface area contributed by atoms with Crippen molar-refractivity contribution in [2.24, 2.45) is 16.7 Å². The highest BCUT2D eigenvalue weighted by molar-refractivity contribution is 5.31. The molecule has 0 saturated heterocycles. The summed E-state index contributed by atoms with van der Waals surface area (Å²) in [5.74, 6) is 3.58. The van der Waals surface area contributed by atoms with Crippen LogP contribution in [0.2, 0.25) is 0 Å². The zero-order valence-corrected chi connectivity index (χ0v) is 28.3. The minimum atomic E-state index is -0.280. The van der Waals surface area contributed by atoms with Gasteiger partial charge in [0.05, 0.1) is 6.61 Å². The molecule has 0 aliphatic heterocycles. The molecule has 0 heterocycles. The largest absolute Gasteiger partial charge is 0.491 e. The molecule has 3 unspecified atom stereocenters. The van der Waals surface area contributed by atoms with Crippen molar-refractivity contribution >= 4 is 0 Å². The fourth-order valence-electron chi connectivity index (χ4n) is 6.39. The third kappa shape index (κ3) is 11.6. The summed E-state index contributed by atoms with van der Waals surface area (Å²) in [6.07, 6.45) is 13.3. The van der Waals surface area contributed by atoms with E-state index in [1.807, 2.05) is 0 Å². The molecule has 42 heavy (non-hydrogen) atoms. The number of unbranched alkanes of at least 4 members (excludes halogenated alkanes) is 1. The Morgan fingerprint density at radius 2 is 1.45 bits per heavy atom. The molecule has 0 N–H and O–H groups in total. The summed E-state index contributed by atoms with van der Waals surface area (Å²) in [6.45, 7) is 19.8. The molecule has 0 aromatic heterocycles. The van der Waals surface area contributed by atoms with Gasteiger partial charge in [0.1, 0.15) is 18.1 Å². The van der Waals surface area contributed by atoms with Crippen LogP contribution >= 0.6 is 0 Å². The van der Waals surface area contributed by atoms with E-state index in [9.17, 15) is 0 Å². The molecule has 3 heteroatoms. The van der Waals surface area contributed by atoms with E-state index in [0.717, 1.165) is 36.7 Å². The van der Waals surface area contributed by atoms with Crippen molar-refractivity contribution in [1.29, 1.82) is 0 Å². The zero-order chi connectivity index (χ0) is 30.6. The Bertz CT molecular complexity index is 995. The fraction of sp³-hybridized carbons (Fsp3) is 0.692. The summed E-state index contributed by atoms with van der Waals surface area (Å²) >= 11 is 0. The fourth-order valence-corrected chi connectivity index (χ4v) is 6.39. The van der Waals surface area contributed by atoms with Gasteiger partial charge >= 0.3 is 0 Å². The minimum absolute atomic E-state index is 0.242. The zero-order valence-electron chi connectivity index (χ0n) is 28.3. The van der Waals surface area contributed by atoms with Gasteiger partial charge in [0.15, 0.2) is 6.29 Å². The van der Waals surface area contributed by atoms with E-state index in [0.29, 0.717) is 25.0 Å². The van der Waals surface area contributed by atoms with E-state index in [2.05, 4.69) is 104 Å². The second kappa shape index (κ2) is 16.7. The van der Waals surface area contributed by atoms with Gasteiger partial charge in [-0.15, -0.1) is 0 Å². The number of benzene rings is 2. The molecule has 3 rings (SSSR count). The van der Waals surface area contributed by atoms with Crippen LogP contribution in [0.4, 0.5) is 0 Å². The molecule has 2 aromatic rings. The topological polar surface area (TPSA) is 27.7 Å². The van der Waals surface area contributed by atoms with Gasteiger partial charge in [-0.05, 0) is 83.2 Å². The van der Waals surface area contributed by atoms with Gasteiger partial charge in [-0.1, -0.05) is 125 Å². The number of ether oxygens (including phenoxy) is 3. The molecular weight excluding hydrogens is 516 g/mol. The summed E-state index contributed by atoms with van der Waals surface area (Å²) in [5.41, 5.74) is 3.38. The number of hydrogen-bond donors (Lipinski definition) is 0. The van der Waals surface area contributed by atoms with Crippen LogP contribution in [0, 0.1) is 16.7 Å². The smallest absolute Gasteiger partial charge is 0.200 e. The Balaban J connectivity index is 1.59. The molecule has 0 bridgehead atoms. The Labute approximate surface area is 259 Å². The normalized spacial score (nSPS) is 17.0. The van der Waals surface area contributed by atoms with Crippen LogP contribution in [0.5, 0.6) is 11.5 Å². The first-order valence-electron chi connectivity index (χ1n) is 17.1. The first-order chi connectivity index (χ1) is 20.0. The van der Waals surface area contributed by atoms with Gasteiger partial charge in [-0.2, -0.15) is 0 Å². The third-order valence-corrected chi connectivity index (χ3v) is 9.48. The minimum Gasteiger partial charge on any atom is -0.491 e. The van der Waals surface area contributed by atoms with Gasteiger partial charge in [0.2, 0.25) is 0 Å². The highest BCUT2D eigenvalue weighted by Gasteiger charge is 2.32. The lowest BCUT2D eigenvalue weighted by Gasteiger charge is -2.38. The van der Waals surface area contributed by atoms with Crippen LogP contribution in [-0.2, 0) is 4.74 Å². The standard InChI is InChI=1S/C39H62O3/c1-9-11-15-30(3)28-37(41-27-26-40-34-22-18-32(19-23-34)31-16-13-12-14-17-31)42-35-24-20-33(21-25-35)36(29-38(4,5)6)39(7,8)10-2/h18-25,30-31,36-37H,9-17,26-29H2,1-8H3. The average Bonchev–Trinajstić information content (AvgIpc) is 2.97.